The summed E-state index contributed by atoms with van der Waals surface area (Å²) >= 11 is 0. The number of furan rings is 1. The van der Waals surface area contributed by atoms with Gasteiger partial charge in [0.05, 0.1) is 18.7 Å². The molecule has 0 aliphatic rings. The van der Waals surface area contributed by atoms with Crippen molar-refractivity contribution in [2.75, 3.05) is 6.54 Å². The Labute approximate surface area is 88.1 Å². The van der Waals surface area contributed by atoms with E-state index in [9.17, 15) is 0 Å². The lowest BCUT2D eigenvalue weighted by atomic mass is 10.3. The first kappa shape index (κ1) is 9.92. The van der Waals surface area contributed by atoms with E-state index in [1.807, 2.05) is 16.9 Å². The highest BCUT2D eigenvalue weighted by Crippen LogP contribution is 1.98. The van der Waals surface area contributed by atoms with Crippen LogP contribution in [0.25, 0.3) is 0 Å². The summed E-state index contributed by atoms with van der Waals surface area (Å²) in [5.74, 6) is 0. The molecule has 15 heavy (non-hydrogen) atoms. The zero-order valence-electron chi connectivity index (χ0n) is 8.47. The molecule has 2 aromatic heterocycles. The van der Waals surface area contributed by atoms with Gasteiger partial charge in [0.2, 0.25) is 0 Å². The fourth-order valence-corrected chi connectivity index (χ4v) is 1.34. The standard InChI is InChI=1S/C10H14N4O/c1(5-14-6-4-12-13-14)3-11-8-10-2-7-15-9-10/h2,4,6-7,9,11H,1,3,5,8H2. The van der Waals surface area contributed by atoms with Gasteiger partial charge in [-0.15, -0.1) is 5.10 Å². The molecular formula is C10H14N4O. The Hall–Kier alpha value is -1.62. The van der Waals surface area contributed by atoms with Gasteiger partial charge >= 0.3 is 0 Å². The van der Waals surface area contributed by atoms with Crippen LogP contribution < -0.4 is 5.32 Å². The summed E-state index contributed by atoms with van der Waals surface area (Å²) in [6.07, 6.45) is 8.05. The zero-order chi connectivity index (χ0) is 10.3. The van der Waals surface area contributed by atoms with Gasteiger partial charge in [0, 0.05) is 24.8 Å². The number of hydrogen-bond acceptors (Lipinski definition) is 4. The van der Waals surface area contributed by atoms with Gasteiger partial charge in [-0.1, -0.05) is 5.21 Å². The maximum atomic E-state index is 4.97. The molecule has 5 nitrogen and oxygen atoms in total. The van der Waals surface area contributed by atoms with Crippen LogP contribution in [0.2, 0.25) is 0 Å². The minimum atomic E-state index is 0.855. The Bertz CT molecular complexity index is 318. The van der Waals surface area contributed by atoms with Crippen LogP contribution in [0.1, 0.15) is 12.0 Å². The molecule has 0 spiro atoms. The fraction of sp³-hybridized carbons (Fsp3) is 0.400. The number of rotatable bonds is 6. The second-order valence-corrected chi connectivity index (χ2v) is 3.33. The molecule has 0 aliphatic heterocycles. The summed E-state index contributed by atoms with van der Waals surface area (Å²) in [4.78, 5) is 0. The lowest BCUT2D eigenvalue weighted by Crippen LogP contribution is -2.16. The summed E-state index contributed by atoms with van der Waals surface area (Å²) in [6, 6.07) is 1.96. The van der Waals surface area contributed by atoms with Crippen LogP contribution in [0.4, 0.5) is 0 Å². The van der Waals surface area contributed by atoms with Gasteiger partial charge in [-0.05, 0) is 19.0 Å². The molecule has 0 atom stereocenters. The van der Waals surface area contributed by atoms with Crippen molar-refractivity contribution in [3.8, 4) is 0 Å². The largest absolute Gasteiger partial charge is 0.472 e. The van der Waals surface area contributed by atoms with Crippen LogP contribution in [0, 0.1) is 0 Å². The molecule has 2 aromatic rings. The van der Waals surface area contributed by atoms with E-state index in [0.717, 1.165) is 26.1 Å². The highest BCUT2D eigenvalue weighted by atomic mass is 16.3. The predicted molar refractivity (Wildman–Crippen MR) is 55.1 cm³/mol. The molecule has 0 radical (unpaired) electrons. The summed E-state index contributed by atoms with van der Waals surface area (Å²) in [5.41, 5.74) is 1.18. The van der Waals surface area contributed by atoms with Crippen molar-refractivity contribution < 1.29 is 4.42 Å². The van der Waals surface area contributed by atoms with Crippen molar-refractivity contribution in [1.82, 2.24) is 20.3 Å². The second kappa shape index (κ2) is 5.31. The first-order valence-electron chi connectivity index (χ1n) is 5.01. The van der Waals surface area contributed by atoms with Crippen molar-refractivity contribution in [3.05, 3.63) is 36.5 Å². The van der Waals surface area contributed by atoms with Gasteiger partial charge in [0.25, 0.3) is 0 Å². The van der Waals surface area contributed by atoms with Gasteiger partial charge < -0.3 is 9.73 Å². The fourth-order valence-electron chi connectivity index (χ4n) is 1.34. The zero-order valence-corrected chi connectivity index (χ0v) is 8.47. The highest BCUT2D eigenvalue weighted by molar-refractivity contribution is 5.04. The summed E-state index contributed by atoms with van der Waals surface area (Å²) in [5, 5.41) is 11.0. The van der Waals surface area contributed by atoms with E-state index in [0.29, 0.717) is 0 Å². The number of aromatic nitrogens is 3. The molecule has 0 bridgehead atoms. The molecule has 0 aliphatic carbocycles. The Morgan fingerprint density at radius 3 is 3.20 bits per heavy atom. The van der Waals surface area contributed by atoms with Gasteiger partial charge in [0.1, 0.15) is 0 Å². The Morgan fingerprint density at radius 2 is 2.47 bits per heavy atom. The Morgan fingerprint density at radius 1 is 1.47 bits per heavy atom. The van der Waals surface area contributed by atoms with E-state index in [1.165, 1.54) is 5.56 Å². The van der Waals surface area contributed by atoms with Gasteiger partial charge in [-0.2, -0.15) is 0 Å². The van der Waals surface area contributed by atoms with Gasteiger partial charge in [-0.25, -0.2) is 0 Å². The van der Waals surface area contributed by atoms with Crippen molar-refractivity contribution >= 4 is 0 Å². The van der Waals surface area contributed by atoms with E-state index in [1.54, 1.807) is 18.7 Å². The van der Waals surface area contributed by atoms with Gasteiger partial charge in [0.15, 0.2) is 0 Å². The van der Waals surface area contributed by atoms with Crippen LogP contribution in [0.3, 0.4) is 0 Å². The third-order valence-electron chi connectivity index (χ3n) is 2.12. The monoisotopic (exact) mass is 206 g/mol. The van der Waals surface area contributed by atoms with Crippen molar-refractivity contribution in [2.45, 2.75) is 19.5 Å². The second-order valence-electron chi connectivity index (χ2n) is 3.33. The minimum Gasteiger partial charge on any atom is -0.472 e. The third kappa shape index (κ3) is 3.21. The smallest absolute Gasteiger partial charge is 0.0947 e. The van der Waals surface area contributed by atoms with E-state index in [4.69, 9.17) is 4.42 Å². The summed E-state index contributed by atoms with van der Waals surface area (Å²) in [7, 11) is 0. The lowest BCUT2D eigenvalue weighted by molar-refractivity contribution is 0.526. The first-order chi connectivity index (χ1) is 7.45. The van der Waals surface area contributed by atoms with Crippen LogP contribution in [-0.4, -0.2) is 21.5 Å². The lowest BCUT2D eigenvalue weighted by Gasteiger charge is -2.02. The van der Waals surface area contributed by atoms with E-state index in [2.05, 4.69) is 15.6 Å². The maximum Gasteiger partial charge on any atom is 0.0947 e. The minimum absolute atomic E-state index is 0.855. The van der Waals surface area contributed by atoms with Crippen LogP contribution in [-0.2, 0) is 13.1 Å². The quantitative estimate of drug-likeness (QED) is 0.718. The van der Waals surface area contributed by atoms with Crippen LogP contribution >= 0.6 is 0 Å². The number of aryl methyl sites for hydroxylation is 1. The molecule has 1 N–H and O–H groups in total. The van der Waals surface area contributed by atoms with Gasteiger partial charge in [-0.3, -0.25) is 4.68 Å². The molecule has 0 amide bonds. The normalized spacial score (nSPS) is 10.7. The molecule has 0 saturated carbocycles. The van der Waals surface area contributed by atoms with Crippen LogP contribution in [0.5, 0.6) is 0 Å². The topological polar surface area (TPSA) is 55.9 Å². The van der Waals surface area contributed by atoms with Crippen molar-refractivity contribution in [1.29, 1.82) is 0 Å². The van der Waals surface area contributed by atoms with E-state index < -0.39 is 0 Å². The third-order valence-corrected chi connectivity index (χ3v) is 2.12. The molecule has 80 valence electrons. The average molecular weight is 206 g/mol. The number of hydrogen-bond donors (Lipinski definition) is 1. The number of nitrogens with zero attached hydrogens (tertiary/aromatic N) is 3. The number of nitrogens with one attached hydrogen (secondary N) is 1. The predicted octanol–water partition coefficient (Wildman–Crippen LogP) is 1.05. The van der Waals surface area contributed by atoms with Crippen molar-refractivity contribution in [2.24, 2.45) is 0 Å². The Balaban J connectivity index is 1.56. The van der Waals surface area contributed by atoms with E-state index in [-0.39, 0.29) is 0 Å². The molecule has 0 saturated heterocycles. The highest BCUT2D eigenvalue weighted by Gasteiger charge is 1.94. The molecule has 2 heterocycles. The average Bonchev–Trinajstić information content (AvgIpc) is 2.88. The van der Waals surface area contributed by atoms with Crippen LogP contribution in [0.15, 0.2) is 35.4 Å². The SMILES string of the molecule is c1cn(CCCNCc2ccoc2)nn1. The first-order valence-corrected chi connectivity index (χ1v) is 5.01. The van der Waals surface area contributed by atoms with E-state index >= 15 is 0 Å². The molecule has 0 aromatic carbocycles. The summed E-state index contributed by atoms with van der Waals surface area (Å²) < 4.78 is 6.80. The summed E-state index contributed by atoms with van der Waals surface area (Å²) in [6.45, 7) is 2.72. The molecular weight excluding hydrogens is 192 g/mol. The Kier molecular flexibility index (Phi) is 3.51. The molecule has 0 unspecified atom stereocenters. The maximum absolute atomic E-state index is 4.97. The molecule has 0 fully saturated rings. The molecule has 2 rings (SSSR count). The molecule has 5 heteroatoms. The van der Waals surface area contributed by atoms with Crippen molar-refractivity contribution in [3.63, 3.8) is 0 Å².